The number of hydrogen-bond acceptors (Lipinski definition) is 2. The Bertz CT molecular complexity index is 742. The summed E-state index contributed by atoms with van der Waals surface area (Å²) in [5.41, 5.74) is 3.38. The molecule has 0 saturated heterocycles. The molecule has 1 aliphatic heterocycles. The van der Waals surface area contributed by atoms with Gasteiger partial charge in [-0.05, 0) is 23.6 Å². The van der Waals surface area contributed by atoms with E-state index in [2.05, 4.69) is 39.1 Å². The monoisotopic (exact) mass is 336 g/mol. The second-order valence-electron chi connectivity index (χ2n) is 6.15. The number of carbonyl (C=O) groups is 1. The molecule has 130 valence electrons. The molecule has 25 heavy (non-hydrogen) atoms. The molecular formula is C20H24N4O. The van der Waals surface area contributed by atoms with Gasteiger partial charge in [0.2, 0.25) is 5.91 Å². The van der Waals surface area contributed by atoms with E-state index in [0.29, 0.717) is 13.0 Å². The Morgan fingerprint density at radius 3 is 2.68 bits per heavy atom. The molecule has 5 heteroatoms. The average Bonchev–Trinajstić information content (AvgIpc) is 2.65. The fraction of sp³-hybridized carbons (Fsp3) is 0.300. The first-order valence-electron chi connectivity index (χ1n) is 8.63. The predicted molar refractivity (Wildman–Crippen MR) is 102 cm³/mol. The van der Waals surface area contributed by atoms with Crippen LogP contribution in [0.25, 0.3) is 0 Å². The van der Waals surface area contributed by atoms with Crippen molar-refractivity contribution in [2.24, 2.45) is 4.99 Å². The minimum absolute atomic E-state index is 0.0672. The van der Waals surface area contributed by atoms with E-state index >= 15 is 0 Å². The van der Waals surface area contributed by atoms with Crippen LogP contribution in [0.15, 0.2) is 59.6 Å². The number of hydrogen-bond donors (Lipinski definition) is 3. The lowest BCUT2D eigenvalue weighted by atomic mass is 9.90. The van der Waals surface area contributed by atoms with E-state index in [1.54, 1.807) is 7.05 Å². The van der Waals surface area contributed by atoms with Gasteiger partial charge in [0, 0.05) is 38.2 Å². The van der Waals surface area contributed by atoms with Gasteiger partial charge < -0.3 is 16.0 Å². The van der Waals surface area contributed by atoms with Crippen LogP contribution in [-0.2, 0) is 11.2 Å². The highest BCUT2D eigenvalue weighted by atomic mass is 16.1. The van der Waals surface area contributed by atoms with Crippen molar-refractivity contribution in [1.29, 1.82) is 0 Å². The van der Waals surface area contributed by atoms with Crippen molar-refractivity contribution in [2.45, 2.75) is 18.8 Å². The maximum Gasteiger partial charge on any atom is 0.225 e. The van der Waals surface area contributed by atoms with Crippen molar-refractivity contribution in [3.63, 3.8) is 0 Å². The number of benzene rings is 2. The maximum atomic E-state index is 11.9. The fourth-order valence-corrected chi connectivity index (χ4v) is 3.09. The third-order valence-electron chi connectivity index (χ3n) is 4.39. The first-order chi connectivity index (χ1) is 12.3. The summed E-state index contributed by atoms with van der Waals surface area (Å²) in [5, 5.41) is 9.61. The van der Waals surface area contributed by atoms with Crippen molar-refractivity contribution in [3.8, 4) is 0 Å². The zero-order valence-electron chi connectivity index (χ0n) is 14.5. The Morgan fingerprint density at radius 1 is 1.12 bits per heavy atom. The third kappa shape index (κ3) is 4.59. The quantitative estimate of drug-likeness (QED) is 0.581. The number of anilines is 1. The van der Waals surface area contributed by atoms with Gasteiger partial charge in [0.15, 0.2) is 5.96 Å². The molecule has 0 radical (unpaired) electrons. The van der Waals surface area contributed by atoms with Crippen LogP contribution in [-0.4, -0.2) is 32.0 Å². The smallest absolute Gasteiger partial charge is 0.225 e. The van der Waals surface area contributed by atoms with Gasteiger partial charge >= 0.3 is 0 Å². The molecule has 2 aromatic rings. The molecule has 1 amide bonds. The molecule has 0 aliphatic carbocycles. The molecule has 5 nitrogen and oxygen atoms in total. The summed E-state index contributed by atoms with van der Waals surface area (Å²) < 4.78 is 0. The van der Waals surface area contributed by atoms with Gasteiger partial charge in [0.1, 0.15) is 0 Å². The number of carbonyl (C=O) groups excluding carboxylic acids is 1. The zero-order valence-corrected chi connectivity index (χ0v) is 14.5. The first-order valence-corrected chi connectivity index (χ1v) is 8.63. The Hall–Kier alpha value is -2.82. The zero-order chi connectivity index (χ0) is 17.5. The average molecular weight is 336 g/mol. The van der Waals surface area contributed by atoms with E-state index in [4.69, 9.17) is 0 Å². The second kappa shape index (κ2) is 8.33. The maximum absolute atomic E-state index is 11.9. The molecule has 3 N–H and O–H groups in total. The molecule has 0 fully saturated rings. The fourth-order valence-electron chi connectivity index (χ4n) is 3.09. The van der Waals surface area contributed by atoms with Crippen molar-refractivity contribution in [2.75, 3.05) is 25.5 Å². The minimum atomic E-state index is 0.0672. The highest BCUT2D eigenvalue weighted by Gasteiger charge is 2.24. The van der Waals surface area contributed by atoms with Gasteiger partial charge in [-0.25, -0.2) is 0 Å². The second-order valence-corrected chi connectivity index (χ2v) is 6.15. The van der Waals surface area contributed by atoms with Crippen LogP contribution in [0.2, 0.25) is 0 Å². The highest BCUT2D eigenvalue weighted by Crippen LogP contribution is 2.31. The Balaban J connectivity index is 1.52. The molecule has 2 aromatic carbocycles. The number of guanidine groups is 1. The van der Waals surface area contributed by atoms with E-state index in [1.165, 1.54) is 11.1 Å². The van der Waals surface area contributed by atoms with Gasteiger partial charge in [-0.3, -0.25) is 9.79 Å². The van der Waals surface area contributed by atoms with E-state index in [1.807, 2.05) is 36.4 Å². The number of nitrogens with one attached hydrogen (secondary N) is 3. The molecule has 1 aliphatic rings. The van der Waals surface area contributed by atoms with Gasteiger partial charge in [-0.1, -0.05) is 48.5 Å². The molecule has 0 bridgehead atoms. The van der Waals surface area contributed by atoms with Gasteiger partial charge in [0.05, 0.1) is 0 Å². The lowest BCUT2D eigenvalue weighted by Crippen LogP contribution is -2.41. The Kier molecular flexibility index (Phi) is 5.67. The summed E-state index contributed by atoms with van der Waals surface area (Å²) >= 11 is 0. The van der Waals surface area contributed by atoms with Crippen LogP contribution in [0.4, 0.5) is 5.69 Å². The Morgan fingerprint density at radius 2 is 1.88 bits per heavy atom. The summed E-state index contributed by atoms with van der Waals surface area (Å²) in [7, 11) is 1.76. The normalized spacial score (nSPS) is 16.8. The molecule has 1 atom stereocenters. The van der Waals surface area contributed by atoms with Gasteiger partial charge in [-0.15, -0.1) is 0 Å². The summed E-state index contributed by atoms with van der Waals surface area (Å²) in [6, 6.07) is 18.3. The van der Waals surface area contributed by atoms with Crippen LogP contribution < -0.4 is 16.0 Å². The molecule has 3 rings (SSSR count). The van der Waals surface area contributed by atoms with Gasteiger partial charge in [0.25, 0.3) is 0 Å². The topological polar surface area (TPSA) is 65.5 Å². The Labute approximate surface area is 148 Å². The highest BCUT2D eigenvalue weighted by molar-refractivity contribution is 5.94. The number of nitrogens with zero attached hydrogens (tertiary/aromatic N) is 1. The predicted octanol–water partition coefficient (Wildman–Crippen LogP) is 2.52. The third-order valence-corrected chi connectivity index (χ3v) is 4.39. The van der Waals surface area contributed by atoms with E-state index in [0.717, 1.165) is 24.6 Å². The van der Waals surface area contributed by atoms with Crippen molar-refractivity contribution < 1.29 is 4.79 Å². The summed E-state index contributed by atoms with van der Waals surface area (Å²) in [4.78, 5) is 16.2. The number of rotatable bonds is 5. The SMILES string of the molecule is CN=C(NCCc1ccccc1)NCC1CC(=O)Nc2ccccc21. The standard InChI is InChI=1S/C20H24N4O/c1-21-20(22-12-11-15-7-3-2-4-8-15)23-14-16-13-19(25)24-18-10-6-5-9-17(16)18/h2-10,16H,11-14H2,1H3,(H,24,25)(H2,21,22,23). The van der Waals surface area contributed by atoms with Crippen molar-refractivity contribution >= 4 is 17.6 Å². The number of amides is 1. The van der Waals surface area contributed by atoms with Crippen LogP contribution in [0.1, 0.15) is 23.5 Å². The van der Waals surface area contributed by atoms with Crippen molar-refractivity contribution in [1.82, 2.24) is 10.6 Å². The number of para-hydroxylation sites is 1. The minimum Gasteiger partial charge on any atom is -0.356 e. The van der Waals surface area contributed by atoms with E-state index in [-0.39, 0.29) is 11.8 Å². The first kappa shape index (κ1) is 17.0. The van der Waals surface area contributed by atoms with Crippen LogP contribution in [0.5, 0.6) is 0 Å². The molecule has 0 saturated carbocycles. The molecule has 0 aromatic heterocycles. The summed E-state index contributed by atoms with van der Waals surface area (Å²) in [5.74, 6) is 0.981. The molecule has 1 heterocycles. The number of fused-ring (bicyclic) bond motifs is 1. The largest absolute Gasteiger partial charge is 0.356 e. The molecule has 1 unspecified atom stereocenters. The van der Waals surface area contributed by atoms with Gasteiger partial charge in [-0.2, -0.15) is 0 Å². The summed E-state index contributed by atoms with van der Waals surface area (Å²) in [6.07, 6.45) is 1.43. The lowest BCUT2D eigenvalue weighted by Gasteiger charge is -2.26. The molecular weight excluding hydrogens is 312 g/mol. The van der Waals surface area contributed by atoms with Crippen molar-refractivity contribution in [3.05, 3.63) is 65.7 Å². The van der Waals surface area contributed by atoms with Crippen LogP contribution in [0.3, 0.4) is 0 Å². The summed E-state index contributed by atoms with van der Waals surface area (Å²) in [6.45, 7) is 1.49. The lowest BCUT2D eigenvalue weighted by molar-refractivity contribution is -0.116. The van der Waals surface area contributed by atoms with E-state index < -0.39 is 0 Å². The molecule has 0 spiro atoms. The van der Waals surface area contributed by atoms with Crippen LogP contribution in [0, 0.1) is 0 Å². The van der Waals surface area contributed by atoms with E-state index in [9.17, 15) is 4.79 Å². The van der Waals surface area contributed by atoms with Crippen LogP contribution >= 0.6 is 0 Å². The number of aliphatic imine (C=N–C) groups is 1.